The number of carbonyl (C=O) groups excluding carboxylic acids is 4. The Hall–Kier alpha value is -1.73. The maximum atomic E-state index is 12.2. The molecule has 7 N–H and O–H groups in total. The average molecular weight is 476 g/mol. The molecular weight excluding hydrogens is 434 g/mol. The molecule has 32 heavy (non-hydrogen) atoms. The number of hydrogen-bond donors (Lipinski definition) is 6. The first-order valence-corrected chi connectivity index (χ1v) is 11.8. The van der Waals surface area contributed by atoms with Crippen LogP contribution >= 0.6 is 12.6 Å². The van der Waals surface area contributed by atoms with Gasteiger partial charge in [0, 0.05) is 103 Å². The summed E-state index contributed by atoms with van der Waals surface area (Å²) in [4.78, 5) is 50.5. The fraction of sp³-hybridized carbons (Fsp3) is 0.800. The van der Waals surface area contributed by atoms with E-state index in [0.29, 0.717) is 84.0 Å². The first-order chi connectivity index (χ1) is 15.5. The number of nitrogens with one attached hydrogen (secondary N) is 3. The number of nitrogens with two attached hydrogens (primary N) is 2. The quantitative estimate of drug-likeness (QED) is 0.0787. The van der Waals surface area contributed by atoms with Crippen LogP contribution in [0.15, 0.2) is 0 Å². The van der Waals surface area contributed by atoms with Gasteiger partial charge in [-0.25, -0.2) is 0 Å². The van der Waals surface area contributed by atoms with Crippen LogP contribution in [0.5, 0.6) is 0 Å². The largest absolute Gasteiger partial charge is 0.355 e. The summed E-state index contributed by atoms with van der Waals surface area (Å²) in [6, 6.07) is 0. The van der Waals surface area contributed by atoms with Crippen LogP contribution in [0.4, 0.5) is 0 Å². The highest BCUT2D eigenvalue weighted by molar-refractivity contribution is 7.80. The predicted octanol–water partition coefficient (Wildman–Crippen LogP) is -2.45. The van der Waals surface area contributed by atoms with E-state index in [1.54, 1.807) is 0 Å². The molecule has 0 saturated heterocycles. The van der Waals surface area contributed by atoms with E-state index in [4.69, 9.17) is 11.5 Å². The number of amides is 3. The van der Waals surface area contributed by atoms with Gasteiger partial charge in [-0.05, 0) is 0 Å². The van der Waals surface area contributed by atoms with E-state index in [9.17, 15) is 19.2 Å². The zero-order chi connectivity index (χ0) is 24.0. The van der Waals surface area contributed by atoms with Crippen molar-refractivity contribution in [3.05, 3.63) is 0 Å². The van der Waals surface area contributed by atoms with Gasteiger partial charge in [0.1, 0.15) is 6.29 Å². The van der Waals surface area contributed by atoms with Crippen molar-refractivity contribution in [2.75, 3.05) is 77.7 Å². The molecule has 0 aliphatic carbocycles. The molecule has 0 atom stereocenters. The van der Waals surface area contributed by atoms with E-state index in [1.807, 2.05) is 9.80 Å². The monoisotopic (exact) mass is 475 g/mol. The van der Waals surface area contributed by atoms with E-state index in [1.165, 1.54) is 0 Å². The highest BCUT2D eigenvalue weighted by atomic mass is 32.1. The Morgan fingerprint density at radius 1 is 0.688 bits per heavy atom. The first-order valence-electron chi connectivity index (χ1n) is 11.2. The third-order valence-electron chi connectivity index (χ3n) is 4.63. The summed E-state index contributed by atoms with van der Waals surface area (Å²) in [5, 5.41) is 8.32. The molecule has 0 aliphatic rings. The molecule has 0 aromatic rings. The lowest BCUT2D eigenvalue weighted by atomic mass is 10.3. The lowest BCUT2D eigenvalue weighted by Gasteiger charge is -2.23. The molecule has 3 amide bonds. The van der Waals surface area contributed by atoms with Crippen molar-refractivity contribution in [2.45, 2.75) is 25.7 Å². The van der Waals surface area contributed by atoms with Crippen LogP contribution in [0.2, 0.25) is 0 Å². The molecule has 0 aromatic carbocycles. The zero-order valence-corrected chi connectivity index (χ0v) is 19.9. The standard InChI is InChI=1S/C20H41N7O4S/c21-5-7-23-18(29)3-12-27(13-4-19(30)24-8-6-22)14-9-25-20(31)2-11-26(15-17-32)10-1-16-28/h16,32H,1-15,17,21-22H2,(H,23,29)(H,24,30)(H,25,31). The Morgan fingerprint density at radius 2 is 1.12 bits per heavy atom. The van der Waals surface area contributed by atoms with E-state index in [2.05, 4.69) is 28.6 Å². The van der Waals surface area contributed by atoms with Crippen LogP contribution in [-0.2, 0) is 19.2 Å². The Kier molecular flexibility index (Phi) is 20.0. The summed E-state index contributed by atoms with van der Waals surface area (Å²) < 4.78 is 0. The molecule has 0 aliphatic heterocycles. The number of rotatable bonds is 21. The molecule has 11 nitrogen and oxygen atoms in total. The maximum Gasteiger partial charge on any atom is 0.221 e. The van der Waals surface area contributed by atoms with E-state index >= 15 is 0 Å². The third-order valence-corrected chi connectivity index (χ3v) is 4.83. The summed E-state index contributed by atoms with van der Waals surface area (Å²) in [7, 11) is 0. The number of carbonyl (C=O) groups is 4. The minimum Gasteiger partial charge on any atom is -0.355 e. The smallest absolute Gasteiger partial charge is 0.221 e. The van der Waals surface area contributed by atoms with Gasteiger partial charge in [-0.3, -0.25) is 14.4 Å². The van der Waals surface area contributed by atoms with Crippen molar-refractivity contribution >= 4 is 36.6 Å². The van der Waals surface area contributed by atoms with E-state index in [0.717, 1.165) is 12.8 Å². The van der Waals surface area contributed by atoms with Crippen molar-refractivity contribution in [1.82, 2.24) is 25.8 Å². The molecular formula is C20H41N7O4S. The van der Waals surface area contributed by atoms with Crippen LogP contribution in [0, 0.1) is 0 Å². The average Bonchev–Trinajstić information content (AvgIpc) is 2.79. The number of hydrogen-bond acceptors (Lipinski definition) is 9. The fourth-order valence-electron chi connectivity index (χ4n) is 2.87. The summed E-state index contributed by atoms with van der Waals surface area (Å²) in [5.74, 6) is 0.377. The van der Waals surface area contributed by atoms with Gasteiger partial charge in [0.05, 0.1) is 0 Å². The minimum atomic E-state index is -0.100. The molecule has 0 saturated carbocycles. The fourth-order valence-corrected chi connectivity index (χ4v) is 3.15. The second-order valence-corrected chi connectivity index (χ2v) is 7.69. The Morgan fingerprint density at radius 3 is 1.53 bits per heavy atom. The maximum absolute atomic E-state index is 12.2. The van der Waals surface area contributed by atoms with Crippen LogP contribution < -0.4 is 27.4 Å². The summed E-state index contributed by atoms with van der Waals surface area (Å²) in [6.07, 6.45) is 2.20. The summed E-state index contributed by atoms with van der Waals surface area (Å²) >= 11 is 4.21. The van der Waals surface area contributed by atoms with Crippen molar-refractivity contribution in [1.29, 1.82) is 0 Å². The summed E-state index contributed by atoms with van der Waals surface area (Å²) in [5.41, 5.74) is 10.8. The van der Waals surface area contributed by atoms with E-state index < -0.39 is 0 Å². The van der Waals surface area contributed by atoms with Gasteiger partial charge in [-0.2, -0.15) is 12.6 Å². The molecule has 12 heteroatoms. The lowest BCUT2D eigenvalue weighted by molar-refractivity contribution is -0.123. The number of thiol groups is 1. The van der Waals surface area contributed by atoms with Gasteiger partial charge in [0.15, 0.2) is 0 Å². The molecule has 0 aromatic heterocycles. The topological polar surface area (TPSA) is 163 Å². The highest BCUT2D eigenvalue weighted by Gasteiger charge is 2.12. The SMILES string of the molecule is NCCNC(=O)CCN(CCNC(=O)CCN(CCS)CCC=O)CCC(=O)NCCN. The van der Waals surface area contributed by atoms with Crippen molar-refractivity contribution in [3.8, 4) is 0 Å². The van der Waals surface area contributed by atoms with Gasteiger partial charge < -0.3 is 42.0 Å². The van der Waals surface area contributed by atoms with Crippen molar-refractivity contribution in [2.24, 2.45) is 11.5 Å². The predicted molar refractivity (Wildman–Crippen MR) is 128 cm³/mol. The molecule has 186 valence electrons. The number of aldehydes is 1. The van der Waals surface area contributed by atoms with Crippen LogP contribution in [0.1, 0.15) is 25.7 Å². The van der Waals surface area contributed by atoms with Crippen LogP contribution in [0.3, 0.4) is 0 Å². The molecule has 0 spiro atoms. The van der Waals surface area contributed by atoms with Gasteiger partial charge in [0.25, 0.3) is 0 Å². The summed E-state index contributed by atoms with van der Waals surface area (Å²) in [6.45, 7) is 5.37. The van der Waals surface area contributed by atoms with E-state index in [-0.39, 0.29) is 30.6 Å². The van der Waals surface area contributed by atoms with Crippen LogP contribution in [0.25, 0.3) is 0 Å². The van der Waals surface area contributed by atoms with Crippen molar-refractivity contribution in [3.63, 3.8) is 0 Å². The van der Waals surface area contributed by atoms with Gasteiger partial charge in [-0.1, -0.05) is 0 Å². The molecule has 0 radical (unpaired) electrons. The molecule has 0 fully saturated rings. The minimum absolute atomic E-state index is 0.0819. The van der Waals surface area contributed by atoms with Gasteiger partial charge in [-0.15, -0.1) is 0 Å². The molecule has 0 rings (SSSR count). The Balaban J connectivity index is 4.43. The second kappa shape index (κ2) is 21.1. The molecule has 0 heterocycles. The van der Waals surface area contributed by atoms with Gasteiger partial charge in [0.2, 0.25) is 17.7 Å². The zero-order valence-electron chi connectivity index (χ0n) is 19.0. The second-order valence-electron chi connectivity index (χ2n) is 7.24. The number of nitrogens with zero attached hydrogens (tertiary/aromatic N) is 2. The van der Waals surface area contributed by atoms with Crippen molar-refractivity contribution < 1.29 is 19.2 Å². The normalized spacial score (nSPS) is 10.9. The van der Waals surface area contributed by atoms with Crippen LogP contribution in [-0.4, -0.2) is 112 Å². The lowest BCUT2D eigenvalue weighted by Crippen LogP contribution is -2.40. The highest BCUT2D eigenvalue weighted by Crippen LogP contribution is 1.97. The Labute approximate surface area is 196 Å². The molecule has 0 unspecified atom stereocenters. The first kappa shape index (κ1) is 30.3. The Bertz CT molecular complexity index is 516. The molecule has 0 bridgehead atoms. The third kappa shape index (κ3) is 17.9. The van der Waals surface area contributed by atoms with Gasteiger partial charge >= 0.3 is 0 Å².